The van der Waals surface area contributed by atoms with Gasteiger partial charge in [0.05, 0.1) is 5.60 Å². The normalized spacial score (nSPS) is 26.9. The van der Waals surface area contributed by atoms with E-state index in [2.05, 4.69) is 9.88 Å². The minimum absolute atomic E-state index is 0.0148. The SMILES string of the molecule is C[C@@H](N)c1ccc(N2CCCC(C)(O)C2)nc1. The summed E-state index contributed by atoms with van der Waals surface area (Å²) in [7, 11) is 0. The predicted octanol–water partition coefficient (Wildman–Crippen LogP) is 1.45. The van der Waals surface area contributed by atoms with Gasteiger partial charge in [-0.05, 0) is 38.3 Å². The Morgan fingerprint density at radius 2 is 2.29 bits per heavy atom. The van der Waals surface area contributed by atoms with Crippen LogP contribution in [0.15, 0.2) is 18.3 Å². The van der Waals surface area contributed by atoms with Crippen molar-refractivity contribution in [2.24, 2.45) is 5.73 Å². The lowest BCUT2D eigenvalue weighted by Gasteiger charge is -2.37. The second kappa shape index (κ2) is 4.63. The monoisotopic (exact) mass is 235 g/mol. The summed E-state index contributed by atoms with van der Waals surface area (Å²) in [5, 5.41) is 10.1. The maximum absolute atomic E-state index is 10.1. The van der Waals surface area contributed by atoms with E-state index >= 15 is 0 Å². The van der Waals surface area contributed by atoms with Crippen LogP contribution >= 0.6 is 0 Å². The predicted molar refractivity (Wildman–Crippen MR) is 68.9 cm³/mol. The van der Waals surface area contributed by atoms with E-state index in [1.165, 1.54) is 0 Å². The fourth-order valence-corrected chi connectivity index (χ4v) is 2.27. The van der Waals surface area contributed by atoms with E-state index in [0.29, 0.717) is 6.54 Å². The number of aromatic nitrogens is 1. The first-order valence-corrected chi connectivity index (χ1v) is 6.17. The van der Waals surface area contributed by atoms with Crippen molar-refractivity contribution in [3.05, 3.63) is 23.9 Å². The number of hydrogen-bond acceptors (Lipinski definition) is 4. The molecule has 0 aromatic carbocycles. The molecule has 0 spiro atoms. The lowest BCUT2D eigenvalue weighted by Crippen LogP contribution is -2.46. The fraction of sp³-hybridized carbons (Fsp3) is 0.615. The van der Waals surface area contributed by atoms with Gasteiger partial charge < -0.3 is 15.7 Å². The Balaban J connectivity index is 2.12. The van der Waals surface area contributed by atoms with Crippen molar-refractivity contribution in [1.82, 2.24) is 4.98 Å². The third kappa shape index (κ3) is 2.96. The van der Waals surface area contributed by atoms with Crippen molar-refractivity contribution in [1.29, 1.82) is 0 Å². The molecule has 1 aromatic rings. The molecule has 2 atom stereocenters. The van der Waals surface area contributed by atoms with Crippen LogP contribution in [-0.4, -0.2) is 28.8 Å². The molecular weight excluding hydrogens is 214 g/mol. The topological polar surface area (TPSA) is 62.4 Å². The van der Waals surface area contributed by atoms with Gasteiger partial charge in [0.2, 0.25) is 0 Å². The van der Waals surface area contributed by atoms with E-state index in [-0.39, 0.29) is 6.04 Å². The number of anilines is 1. The summed E-state index contributed by atoms with van der Waals surface area (Å²) in [6, 6.07) is 4.01. The molecule has 4 heteroatoms. The molecular formula is C13H21N3O. The zero-order valence-electron chi connectivity index (χ0n) is 10.6. The standard InChI is InChI=1S/C13H21N3O/c1-10(14)11-4-5-12(15-8-11)16-7-3-6-13(2,17)9-16/h4-5,8,10,17H,3,6-7,9,14H2,1-2H3/t10-,13?/m1/s1. The summed E-state index contributed by atoms with van der Waals surface area (Å²) < 4.78 is 0. The molecule has 1 fully saturated rings. The zero-order valence-corrected chi connectivity index (χ0v) is 10.6. The summed E-state index contributed by atoms with van der Waals surface area (Å²) in [5.74, 6) is 0.925. The molecule has 2 heterocycles. The highest BCUT2D eigenvalue weighted by molar-refractivity contribution is 5.40. The van der Waals surface area contributed by atoms with Crippen molar-refractivity contribution >= 4 is 5.82 Å². The third-order valence-electron chi connectivity index (χ3n) is 3.30. The lowest BCUT2D eigenvalue weighted by atomic mass is 9.95. The van der Waals surface area contributed by atoms with Crippen molar-refractivity contribution in [3.8, 4) is 0 Å². The van der Waals surface area contributed by atoms with Gasteiger partial charge in [-0.25, -0.2) is 4.98 Å². The van der Waals surface area contributed by atoms with Crippen molar-refractivity contribution in [3.63, 3.8) is 0 Å². The molecule has 0 bridgehead atoms. The number of nitrogens with two attached hydrogens (primary N) is 1. The molecule has 1 aliphatic heterocycles. The van der Waals surface area contributed by atoms with Crippen LogP contribution in [0.4, 0.5) is 5.82 Å². The number of rotatable bonds is 2. The van der Waals surface area contributed by atoms with Gasteiger partial charge in [-0.3, -0.25) is 0 Å². The molecule has 2 rings (SSSR count). The van der Waals surface area contributed by atoms with Gasteiger partial charge in [0, 0.05) is 25.3 Å². The van der Waals surface area contributed by atoms with Crippen molar-refractivity contribution in [2.45, 2.75) is 38.3 Å². The van der Waals surface area contributed by atoms with Gasteiger partial charge in [-0.2, -0.15) is 0 Å². The molecule has 94 valence electrons. The number of β-amino-alcohol motifs (C(OH)–C–C–N with tert-alkyl or cyclic N) is 1. The fourth-order valence-electron chi connectivity index (χ4n) is 2.27. The summed E-state index contributed by atoms with van der Waals surface area (Å²) in [5.41, 5.74) is 6.23. The molecule has 17 heavy (non-hydrogen) atoms. The van der Waals surface area contributed by atoms with Gasteiger partial charge in [0.15, 0.2) is 0 Å². The van der Waals surface area contributed by atoms with Crippen LogP contribution in [0.1, 0.15) is 38.3 Å². The van der Waals surface area contributed by atoms with E-state index in [0.717, 1.165) is 30.8 Å². The van der Waals surface area contributed by atoms with Crippen LogP contribution in [0.3, 0.4) is 0 Å². The number of hydrogen-bond donors (Lipinski definition) is 2. The Hall–Kier alpha value is -1.13. The lowest BCUT2D eigenvalue weighted by molar-refractivity contribution is 0.0447. The smallest absolute Gasteiger partial charge is 0.128 e. The minimum atomic E-state index is -0.597. The number of nitrogens with zero attached hydrogens (tertiary/aromatic N) is 2. The zero-order chi connectivity index (χ0) is 12.5. The molecule has 1 aliphatic rings. The quantitative estimate of drug-likeness (QED) is 0.814. The van der Waals surface area contributed by atoms with Crippen LogP contribution in [0.25, 0.3) is 0 Å². The number of pyridine rings is 1. The van der Waals surface area contributed by atoms with Crippen molar-refractivity contribution in [2.75, 3.05) is 18.0 Å². The maximum atomic E-state index is 10.1. The average Bonchev–Trinajstić information content (AvgIpc) is 2.28. The molecule has 1 saturated heterocycles. The molecule has 0 amide bonds. The largest absolute Gasteiger partial charge is 0.388 e. The Morgan fingerprint density at radius 1 is 1.53 bits per heavy atom. The van der Waals surface area contributed by atoms with E-state index in [1.807, 2.05) is 32.2 Å². The van der Waals surface area contributed by atoms with E-state index in [4.69, 9.17) is 5.73 Å². The third-order valence-corrected chi connectivity index (χ3v) is 3.30. The van der Waals surface area contributed by atoms with Crippen LogP contribution < -0.4 is 10.6 Å². The highest BCUT2D eigenvalue weighted by Crippen LogP contribution is 2.24. The highest BCUT2D eigenvalue weighted by Gasteiger charge is 2.28. The van der Waals surface area contributed by atoms with E-state index in [1.54, 1.807) is 0 Å². The Bertz CT molecular complexity index is 373. The van der Waals surface area contributed by atoms with Gasteiger partial charge in [0.1, 0.15) is 5.82 Å². The Kier molecular flexibility index (Phi) is 3.35. The molecule has 4 nitrogen and oxygen atoms in total. The summed E-state index contributed by atoms with van der Waals surface area (Å²) in [6.07, 6.45) is 3.69. The van der Waals surface area contributed by atoms with Crippen LogP contribution in [0, 0.1) is 0 Å². The molecule has 3 N–H and O–H groups in total. The van der Waals surface area contributed by atoms with E-state index < -0.39 is 5.60 Å². The highest BCUT2D eigenvalue weighted by atomic mass is 16.3. The van der Waals surface area contributed by atoms with Crippen LogP contribution in [0.2, 0.25) is 0 Å². The van der Waals surface area contributed by atoms with Gasteiger partial charge in [-0.15, -0.1) is 0 Å². The van der Waals surface area contributed by atoms with Gasteiger partial charge >= 0.3 is 0 Å². The van der Waals surface area contributed by atoms with Gasteiger partial charge in [-0.1, -0.05) is 6.07 Å². The number of piperidine rings is 1. The summed E-state index contributed by atoms with van der Waals surface area (Å²) in [6.45, 7) is 5.44. The first kappa shape index (κ1) is 12.3. The summed E-state index contributed by atoms with van der Waals surface area (Å²) in [4.78, 5) is 6.56. The molecule has 0 radical (unpaired) electrons. The Morgan fingerprint density at radius 3 is 2.82 bits per heavy atom. The molecule has 1 aromatic heterocycles. The van der Waals surface area contributed by atoms with Crippen molar-refractivity contribution < 1.29 is 5.11 Å². The second-order valence-electron chi connectivity index (χ2n) is 5.26. The van der Waals surface area contributed by atoms with E-state index in [9.17, 15) is 5.11 Å². The molecule has 0 aliphatic carbocycles. The maximum Gasteiger partial charge on any atom is 0.128 e. The summed E-state index contributed by atoms with van der Waals surface area (Å²) >= 11 is 0. The average molecular weight is 235 g/mol. The Labute approximate surface area is 102 Å². The van der Waals surface area contributed by atoms with Crippen LogP contribution in [-0.2, 0) is 0 Å². The molecule has 0 saturated carbocycles. The second-order valence-corrected chi connectivity index (χ2v) is 5.26. The van der Waals surface area contributed by atoms with Crippen LogP contribution in [0.5, 0.6) is 0 Å². The van der Waals surface area contributed by atoms with Gasteiger partial charge in [0.25, 0.3) is 0 Å². The number of aliphatic hydroxyl groups is 1. The first-order chi connectivity index (χ1) is 7.98. The minimum Gasteiger partial charge on any atom is -0.388 e. The first-order valence-electron chi connectivity index (χ1n) is 6.17. The molecule has 1 unspecified atom stereocenters.